The Balaban J connectivity index is 2.82. The molecule has 0 aliphatic carbocycles. The van der Waals surface area contributed by atoms with Gasteiger partial charge in [0.05, 0.1) is 17.7 Å². The lowest BCUT2D eigenvalue weighted by Gasteiger charge is -2.19. The van der Waals surface area contributed by atoms with Gasteiger partial charge in [-0.15, -0.1) is 0 Å². The van der Waals surface area contributed by atoms with Gasteiger partial charge in [-0.3, -0.25) is 9.78 Å². The van der Waals surface area contributed by atoms with Crippen molar-refractivity contribution in [2.45, 2.75) is 19.5 Å². The Morgan fingerprint density at radius 1 is 1.47 bits per heavy atom. The largest absolute Gasteiger partial charge is 0.390 e. The predicted molar refractivity (Wildman–Crippen MR) is 66.2 cm³/mol. The molecule has 0 aliphatic heterocycles. The molecule has 19 heavy (non-hydrogen) atoms. The van der Waals surface area contributed by atoms with E-state index in [4.69, 9.17) is 0 Å². The van der Waals surface area contributed by atoms with Crippen LogP contribution >= 0.6 is 0 Å². The van der Waals surface area contributed by atoms with Crippen molar-refractivity contribution in [3.8, 4) is 0 Å². The normalized spacial score (nSPS) is 11.3. The van der Waals surface area contributed by atoms with E-state index < -0.39 is 18.5 Å². The van der Waals surface area contributed by atoms with Gasteiger partial charge >= 0.3 is 6.18 Å². The van der Waals surface area contributed by atoms with E-state index in [0.717, 1.165) is 10.6 Å². The Morgan fingerprint density at radius 2 is 2.11 bits per heavy atom. The minimum atomic E-state index is -4.27. The highest BCUT2D eigenvalue weighted by atomic mass is 19.4. The number of nitrogens with one attached hydrogen (secondary N) is 1. The summed E-state index contributed by atoms with van der Waals surface area (Å²) in [5.41, 5.74) is 1.54. The van der Waals surface area contributed by atoms with Crippen LogP contribution in [0.2, 0.25) is 0 Å². The lowest BCUT2D eigenvalue weighted by atomic mass is 10.2. The minimum absolute atomic E-state index is 0.262. The number of rotatable bonds is 4. The topological polar surface area (TPSA) is 45.2 Å². The monoisotopic (exact) mass is 275 g/mol. The zero-order valence-corrected chi connectivity index (χ0v) is 11.0. The van der Waals surface area contributed by atoms with Gasteiger partial charge in [0, 0.05) is 32.5 Å². The molecule has 0 saturated carbocycles. The maximum Gasteiger partial charge on any atom is 0.390 e. The van der Waals surface area contributed by atoms with Crippen molar-refractivity contribution in [2.75, 3.05) is 26.0 Å². The molecular formula is C12H16F3N3O. The van der Waals surface area contributed by atoms with E-state index in [1.807, 2.05) is 0 Å². The lowest BCUT2D eigenvalue weighted by Crippen LogP contribution is -2.31. The second kappa shape index (κ2) is 5.90. The average Bonchev–Trinajstić information content (AvgIpc) is 2.34. The van der Waals surface area contributed by atoms with Gasteiger partial charge in [0.25, 0.3) is 5.91 Å². The molecule has 1 rings (SSSR count). The van der Waals surface area contributed by atoms with Gasteiger partial charge in [-0.25, -0.2) is 0 Å². The van der Waals surface area contributed by atoms with Crippen molar-refractivity contribution in [3.05, 3.63) is 23.5 Å². The maximum atomic E-state index is 12.1. The quantitative estimate of drug-likeness (QED) is 0.918. The van der Waals surface area contributed by atoms with E-state index in [0.29, 0.717) is 5.69 Å². The van der Waals surface area contributed by atoms with E-state index >= 15 is 0 Å². The number of alkyl halides is 3. The molecule has 0 aromatic carbocycles. The number of aromatic nitrogens is 1. The molecule has 0 saturated heterocycles. The molecule has 1 aromatic rings. The van der Waals surface area contributed by atoms with Crippen molar-refractivity contribution >= 4 is 11.6 Å². The molecule has 1 N–H and O–H groups in total. The molecule has 1 aromatic heterocycles. The summed E-state index contributed by atoms with van der Waals surface area (Å²) in [7, 11) is 2.98. The third-order valence-electron chi connectivity index (χ3n) is 2.62. The van der Waals surface area contributed by atoms with Gasteiger partial charge in [0.2, 0.25) is 0 Å². The van der Waals surface area contributed by atoms with Crippen molar-refractivity contribution in [1.29, 1.82) is 0 Å². The Morgan fingerprint density at radius 3 is 2.63 bits per heavy atom. The zero-order chi connectivity index (χ0) is 14.6. The predicted octanol–water partition coefficient (Wildman–Crippen LogP) is 2.46. The number of nitrogens with zero attached hydrogens (tertiary/aromatic N) is 2. The Hall–Kier alpha value is -1.79. The summed E-state index contributed by atoms with van der Waals surface area (Å²) < 4.78 is 36.4. The van der Waals surface area contributed by atoms with Gasteiger partial charge in [-0.1, -0.05) is 0 Å². The van der Waals surface area contributed by atoms with Gasteiger partial charge in [-0.05, 0) is 13.0 Å². The maximum absolute atomic E-state index is 12.1. The fraction of sp³-hybridized carbons (Fsp3) is 0.500. The SMILES string of the molecule is CNc1cc(C)ncc1C(=O)N(C)CCC(F)(F)F. The first-order valence-corrected chi connectivity index (χ1v) is 5.71. The van der Waals surface area contributed by atoms with Crippen molar-refractivity contribution in [1.82, 2.24) is 9.88 Å². The summed E-state index contributed by atoms with van der Waals surface area (Å²) in [6.45, 7) is 1.39. The summed E-state index contributed by atoms with van der Waals surface area (Å²) in [5.74, 6) is -0.485. The van der Waals surface area contributed by atoms with Crippen molar-refractivity contribution in [2.24, 2.45) is 0 Å². The molecule has 0 aliphatic rings. The molecule has 1 amide bonds. The van der Waals surface area contributed by atoms with Gasteiger partial charge in [-0.2, -0.15) is 13.2 Å². The lowest BCUT2D eigenvalue weighted by molar-refractivity contribution is -0.136. The van der Waals surface area contributed by atoms with Gasteiger partial charge < -0.3 is 10.2 Å². The van der Waals surface area contributed by atoms with Gasteiger partial charge in [0.1, 0.15) is 0 Å². The third-order valence-corrected chi connectivity index (χ3v) is 2.62. The highest BCUT2D eigenvalue weighted by Crippen LogP contribution is 2.21. The Labute approximate surface area is 109 Å². The molecule has 1 heterocycles. The minimum Gasteiger partial charge on any atom is -0.387 e. The molecular weight excluding hydrogens is 259 g/mol. The second-order valence-corrected chi connectivity index (χ2v) is 4.21. The van der Waals surface area contributed by atoms with E-state index in [2.05, 4.69) is 10.3 Å². The first kappa shape index (κ1) is 15.3. The first-order valence-electron chi connectivity index (χ1n) is 5.71. The fourth-order valence-corrected chi connectivity index (χ4v) is 1.54. The van der Waals surface area contributed by atoms with Crippen LogP contribution in [0.1, 0.15) is 22.5 Å². The van der Waals surface area contributed by atoms with Gasteiger partial charge in [0.15, 0.2) is 0 Å². The van der Waals surface area contributed by atoms with Crippen LogP contribution in [0.3, 0.4) is 0 Å². The van der Waals surface area contributed by atoms with Crippen LogP contribution < -0.4 is 5.32 Å². The number of hydrogen-bond donors (Lipinski definition) is 1. The first-order chi connectivity index (χ1) is 8.74. The molecule has 0 unspecified atom stereocenters. The van der Waals surface area contributed by atoms with Crippen LogP contribution in [0.5, 0.6) is 0 Å². The van der Waals surface area contributed by atoms with Crippen LogP contribution in [-0.2, 0) is 0 Å². The van der Waals surface area contributed by atoms with Crippen molar-refractivity contribution in [3.63, 3.8) is 0 Å². The molecule has 4 nitrogen and oxygen atoms in total. The number of carbonyl (C=O) groups is 1. The number of carbonyl (C=O) groups excluding carboxylic acids is 1. The molecule has 106 valence electrons. The third kappa shape index (κ3) is 4.42. The zero-order valence-electron chi connectivity index (χ0n) is 11.0. The van der Waals surface area contributed by atoms with E-state index in [-0.39, 0.29) is 12.1 Å². The van der Waals surface area contributed by atoms with E-state index in [9.17, 15) is 18.0 Å². The fourth-order valence-electron chi connectivity index (χ4n) is 1.54. The van der Waals surface area contributed by atoms with Crippen LogP contribution in [0.25, 0.3) is 0 Å². The molecule has 0 radical (unpaired) electrons. The molecule has 0 spiro atoms. The summed E-state index contributed by atoms with van der Waals surface area (Å²) in [5, 5.41) is 2.83. The van der Waals surface area contributed by atoms with Crippen molar-refractivity contribution < 1.29 is 18.0 Å². The average molecular weight is 275 g/mol. The molecule has 0 fully saturated rings. The van der Waals surface area contributed by atoms with E-state index in [1.54, 1.807) is 20.0 Å². The highest BCUT2D eigenvalue weighted by molar-refractivity contribution is 5.99. The molecule has 7 heteroatoms. The van der Waals surface area contributed by atoms with Crippen LogP contribution in [-0.4, -0.2) is 42.6 Å². The Kier molecular flexibility index (Phi) is 4.74. The van der Waals surface area contributed by atoms with Crippen LogP contribution in [0.4, 0.5) is 18.9 Å². The van der Waals surface area contributed by atoms with E-state index in [1.165, 1.54) is 13.2 Å². The Bertz CT molecular complexity index is 460. The second-order valence-electron chi connectivity index (χ2n) is 4.21. The number of hydrogen-bond acceptors (Lipinski definition) is 3. The summed E-state index contributed by atoms with van der Waals surface area (Å²) in [6.07, 6.45) is -3.93. The smallest absolute Gasteiger partial charge is 0.387 e. The number of pyridine rings is 1. The summed E-state index contributed by atoms with van der Waals surface area (Å²) in [6, 6.07) is 1.67. The summed E-state index contributed by atoms with van der Waals surface area (Å²) >= 11 is 0. The van der Waals surface area contributed by atoms with Crippen LogP contribution in [0.15, 0.2) is 12.3 Å². The number of aryl methyl sites for hydroxylation is 1. The van der Waals surface area contributed by atoms with Crippen LogP contribution in [0, 0.1) is 6.92 Å². The standard InChI is InChI=1S/C12H16F3N3O/c1-8-6-10(16-2)9(7-17-8)11(19)18(3)5-4-12(13,14)15/h6-7H,4-5H2,1-3H3,(H,16,17). The number of halogens is 3. The highest BCUT2D eigenvalue weighted by Gasteiger charge is 2.28. The number of amides is 1. The molecule has 0 atom stereocenters. The number of anilines is 1. The molecule has 0 bridgehead atoms. The summed E-state index contributed by atoms with van der Waals surface area (Å²) in [4.78, 5) is 17.1.